The van der Waals surface area contributed by atoms with Gasteiger partial charge in [0.1, 0.15) is 11.5 Å². The van der Waals surface area contributed by atoms with Gasteiger partial charge in [-0.3, -0.25) is 4.79 Å². The molecule has 2 N–H and O–H groups in total. The molecular weight excluding hydrogens is 511 g/mol. The van der Waals surface area contributed by atoms with Gasteiger partial charge in [0, 0.05) is 17.2 Å². The molecular formula is C26H19F5N4O3. The monoisotopic (exact) mass is 530 g/mol. The van der Waals surface area contributed by atoms with Gasteiger partial charge in [0.25, 0.3) is 5.91 Å². The summed E-state index contributed by atoms with van der Waals surface area (Å²) in [4.78, 5) is 12.9. The number of hydrazone groups is 1. The number of halogens is 5. The fourth-order valence-electron chi connectivity index (χ4n) is 3.69. The van der Waals surface area contributed by atoms with Gasteiger partial charge < -0.3 is 9.84 Å². The highest BCUT2D eigenvalue weighted by atomic mass is 19.4. The molecule has 4 aromatic rings. The maximum Gasteiger partial charge on any atom is 0.416 e. The van der Waals surface area contributed by atoms with Gasteiger partial charge in [0.15, 0.2) is 23.0 Å². The molecule has 0 radical (unpaired) electrons. The van der Waals surface area contributed by atoms with Crippen molar-refractivity contribution in [3.05, 3.63) is 94.7 Å². The number of nitrogens with zero attached hydrogens (tertiary/aromatic N) is 3. The predicted molar refractivity (Wildman–Crippen MR) is 128 cm³/mol. The summed E-state index contributed by atoms with van der Waals surface area (Å²) in [5.74, 6) is -2.52. The first-order valence-corrected chi connectivity index (χ1v) is 10.9. The van der Waals surface area contributed by atoms with Gasteiger partial charge in [0.05, 0.1) is 24.6 Å². The molecule has 0 saturated heterocycles. The Bertz CT molecular complexity index is 1530. The van der Waals surface area contributed by atoms with E-state index in [0.29, 0.717) is 11.6 Å². The first-order chi connectivity index (χ1) is 18.0. The third kappa shape index (κ3) is 5.33. The van der Waals surface area contributed by atoms with Crippen LogP contribution in [0.15, 0.2) is 65.8 Å². The molecule has 1 heterocycles. The highest BCUT2D eigenvalue weighted by Crippen LogP contribution is 2.34. The average Bonchev–Trinajstić information content (AvgIpc) is 3.21. The molecule has 38 heavy (non-hydrogen) atoms. The lowest BCUT2D eigenvalue weighted by Gasteiger charge is -2.11. The minimum absolute atomic E-state index is 0.0846. The number of phenolic OH excluding ortho intramolecular Hbond substituents is 1. The molecule has 0 aliphatic rings. The number of rotatable bonds is 6. The lowest BCUT2D eigenvalue weighted by molar-refractivity contribution is -0.137. The SMILES string of the molecule is COc1cc(/C=N/NC(=O)c2nn(-c3ccc(F)cc3F)c(-c3ccc(C(F)(F)F)cc3)c2C)ccc1O. The smallest absolute Gasteiger partial charge is 0.416 e. The van der Waals surface area contributed by atoms with Crippen LogP contribution in [-0.4, -0.2) is 34.1 Å². The Hall–Kier alpha value is -4.74. The number of phenols is 1. The number of ether oxygens (including phenoxy) is 1. The van der Waals surface area contributed by atoms with Gasteiger partial charge in [0.2, 0.25) is 0 Å². The molecule has 3 aromatic carbocycles. The molecule has 1 amide bonds. The Labute approximate surface area is 212 Å². The molecule has 0 spiro atoms. The summed E-state index contributed by atoms with van der Waals surface area (Å²) in [6, 6.07) is 11.1. The van der Waals surface area contributed by atoms with Crippen LogP contribution in [0, 0.1) is 18.6 Å². The maximum atomic E-state index is 14.7. The van der Waals surface area contributed by atoms with Crippen LogP contribution in [0.25, 0.3) is 16.9 Å². The van der Waals surface area contributed by atoms with Crippen LogP contribution in [-0.2, 0) is 6.18 Å². The standard InChI is InChI=1S/C26H19F5N4O3/c1-14-23(25(37)33-32-13-15-3-10-21(36)22(11-15)38-2)34-35(20-9-8-18(27)12-19(20)28)24(14)16-4-6-17(7-5-16)26(29,30)31/h3-13,36H,1-2H3,(H,33,37)/b32-13+. The van der Waals surface area contributed by atoms with Gasteiger partial charge in [-0.05, 0) is 55.0 Å². The summed E-state index contributed by atoms with van der Waals surface area (Å²) in [7, 11) is 1.37. The number of methoxy groups -OCH3 is 1. The number of alkyl halides is 3. The highest BCUT2D eigenvalue weighted by Gasteiger charge is 2.31. The van der Waals surface area contributed by atoms with E-state index in [1.807, 2.05) is 0 Å². The van der Waals surface area contributed by atoms with Crippen LogP contribution < -0.4 is 10.2 Å². The number of amides is 1. The van der Waals surface area contributed by atoms with Crippen molar-refractivity contribution in [2.24, 2.45) is 5.10 Å². The summed E-state index contributed by atoms with van der Waals surface area (Å²) in [5, 5.41) is 17.7. The van der Waals surface area contributed by atoms with Gasteiger partial charge >= 0.3 is 6.18 Å². The van der Waals surface area contributed by atoms with E-state index in [-0.39, 0.29) is 39.7 Å². The highest BCUT2D eigenvalue weighted by molar-refractivity contribution is 5.96. The number of aromatic nitrogens is 2. The fourth-order valence-corrected chi connectivity index (χ4v) is 3.69. The summed E-state index contributed by atoms with van der Waals surface area (Å²) in [6.07, 6.45) is -3.29. The van der Waals surface area contributed by atoms with E-state index in [2.05, 4.69) is 15.6 Å². The Morgan fingerprint density at radius 2 is 1.79 bits per heavy atom. The number of benzene rings is 3. The maximum absolute atomic E-state index is 14.7. The topological polar surface area (TPSA) is 88.7 Å². The Morgan fingerprint density at radius 3 is 2.42 bits per heavy atom. The molecule has 0 fully saturated rings. The summed E-state index contributed by atoms with van der Waals surface area (Å²) < 4.78 is 73.4. The van der Waals surface area contributed by atoms with Crippen LogP contribution >= 0.6 is 0 Å². The largest absolute Gasteiger partial charge is 0.504 e. The Balaban J connectivity index is 1.73. The van der Waals surface area contributed by atoms with E-state index >= 15 is 0 Å². The van der Waals surface area contributed by atoms with E-state index in [9.17, 15) is 31.9 Å². The van der Waals surface area contributed by atoms with Gasteiger partial charge in [-0.15, -0.1) is 0 Å². The zero-order valence-electron chi connectivity index (χ0n) is 19.8. The molecule has 0 saturated carbocycles. The van der Waals surface area contributed by atoms with E-state index in [1.54, 1.807) is 0 Å². The zero-order chi connectivity index (χ0) is 27.6. The van der Waals surface area contributed by atoms with Gasteiger partial charge in [-0.1, -0.05) is 12.1 Å². The van der Waals surface area contributed by atoms with E-state index < -0.39 is 29.3 Å². The molecule has 7 nitrogen and oxygen atoms in total. The first kappa shape index (κ1) is 26.3. The number of aromatic hydroxyl groups is 1. The normalized spacial score (nSPS) is 11.7. The molecule has 0 aliphatic carbocycles. The summed E-state index contributed by atoms with van der Waals surface area (Å²) >= 11 is 0. The van der Waals surface area contributed by atoms with Crippen molar-refractivity contribution >= 4 is 12.1 Å². The van der Waals surface area contributed by atoms with Crippen molar-refractivity contribution in [3.63, 3.8) is 0 Å². The van der Waals surface area contributed by atoms with Crippen LogP contribution in [0.4, 0.5) is 22.0 Å². The fraction of sp³-hybridized carbons (Fsp3) is 0.115. The van der Waals surface area contributed by atoms with Crippen molar-refractivity contribution in [2.45, 2.75) is 13.1 Å². The van der Waals surface area contributed by atoms with Crippen molar-refractivity contribution in [1.82, 2.24) is 15.2 Å². The molecule has 1 aromatic heterocycles. The van der Waals surface area contributed by atoms with Crippen molar-refractivity contribution in [1.29, 1.82) is 0 Å². The Morgan fingerprint density at radius 1 is 1.08 bits per heavy atom. The molecule has 0 bridgehead atoms. The number of carbonyl (C=O) groups is 1. The number of hydrogen-bond acceptors (Lipinski definition) is 5. The molecule has 0 unspecified atom stereocenters. The van der Waals surface area contributed by atoms with Gasteiger partial charge in [-0.25, -0.2) is 18.9 Å². The van der Waals surface area contributed by atoms with Crippen molar-refractivity contribution in [3.8, 4) is 28.4 Å². The van der Waals surface area contributed by atoms with Crippen LogP contribution in [0.2, 0.25) is 0 Å². The molecule has 0 atom stereocenters. The lowest BCUT2D eigenvalue weighted by Crippen LogP contribution is -2.19. The second-order valence-corrected chi connectivity index (χ2v) is 8.04. The molecule has 12 heteroatoms. The minimum Gasteiger partial charge on any atom is -0.504 e. The predicted octanol–water partition coefficient (Wildman–Crippen LogP) is 5.62. The molecule has 196 valence electrons. The zero-order valence-corrected chi connectivity index (χ0v) is 19.8. The quantitative estimate of drug-likeness (QED) is 0.192. The average molecular weight is 530 g/mol. The number of carbonyl (C=O) groups excluding carboxylic acids is 1. The third-order valence-electron chi connectivity index (χ3n) is 5.54. The van der Waals surface area contributed by atoms with Crippen molar-refractivity contribution in [2.75, 3.05) is 7.11 Å². The van der Waals surface area contributed by atoms with Crippen LogP contribution in [0.1, 0.15) is 27.2 Å². The number of nitrogens with one attached hydrogen (secondary N) is 1. The first-order valence-electron chi connectivity index (χ1n) is 10.9. The number of hydrogen-bond donors (Lipinski definition) is 2. The second kappa shape index (κ2) is 10.3. The van der Waals surface area contributed by atoms with E-state index in [1.165, 1.54) is 50.6 Å². The van der Waals surface area contributed by atoms with Crippen LogP contribution in [0.3, 0.4) is 0 Å². The summed E-state index contributed by atoms with van der Waals surface area (Å²) in [6.45, 7) is 1.49. The van der Waals surface area contributed by atoms with E-state index in [4.69, 9.17) is 4.74 Å². The Kier molecular flexibility index (Phi) is 7.15. The van der Waals surface area contributed by atoms with Crippen LogP contribution in [0.5, 0.6) is 11.5 Å². The molecule has 0 aliphatic heterocycles. The lowest BCUT2D eigenvalue weighted by atomic mass is 10.0. The van der Waals surface area contributed by atoms with Crippen molar-refractivity contribution < 1.29 is 36.6 Å². The third-order valence-corrected chi connectivity index (χ3v) is 5.54. The molecule has 4 rings (SSSR count). The second-order valence-electron chi connectivity index (χ2n) is 8.04. The summed E-state index contributed by atoms with van der Waals surface area (Å²) in [5.41, 5.74) is 2.03. The minimum atomic E-state index is -4.57. The van der Waals surface area contributed by atoms with E-state index in [0.717, 1.165) is 28.9 Å². The van der Waals surface area contributed by atoms with Gasteiger partial charge in [-0.2, -0.15) is 23.4 Å².